The minimum atomic E-state index is -1.64. The Hall–Kier alpha value is -3.72. The number of fused-ring (bicyclic) bond motifs is 3. The molecule has 3 aromatic rings. The molecule has 1 aromatic heterocycles. The molecule has 0 amide bonds. The number of oxime groups is 1. The molecule has 4 rings (SSSR count). The van der Waals surface area contributed by atoms with E-state index in [9.17, 15) is 14.7 Å². The maximum Gasteiger partial charge on any atom is 0.362 e. The van der Waals surface area contributed by atoms with Crippen molar-refractivity contribution in [3.63, 3.8) is 0 Å². The molecule has 0 atom stereocenters. The van der Waals surface area contributed by atoms with E-state index in [-0.39, 0.29) is 29.1 Å². The van der Waals surface area contributed by atoms with Gasteiger partial charge in [-0.2, -0.15) is 0 Å². The first-order chi connectivity index (χ1) is 15.3. The smallest absolute Gasteiger partial charge is 0.362 e. The second kappa shape index (κ2) is 8.43. The van der Waals surface area contributed by atoms with Crippen molar-refractivity contribution >= 4 is 34.1 Å². The highest BCUT2D eigenvalue weighted by atomic mass is 32.1. The maximum absolute atomic E-state index is 13.0. The molecule has 1 aliphatic carbocycles. The first-order valence-electron chi connectivity index (χ1n) is 9.84. The van der Waals surface area contributed by atoms with Gasteiger partial charge in [-0.1, -0.05) is 53.7 Å². The predicted molar refractivity (Wildman–Crippen MR) is 121 cm³/mol. The van der Waals surface area contributed by atoms with E-state index in [0.717, 1.165) is 33.6 Å². The number of rotatable bonds is 7. The van der Waals surface area contributed by atoms with Crippen molar-refractivity contribution in [2.75, 3.05) is 12.3 Å². The number of nitrogens with two attached hydrogens (primary N) is 1. The molecule has 8 nitrogen and oxygen atoms in total. The van der Waals surface area contributed by atoms with E-state index in [4.69, 9.17) is 15.3 Å². The van der Waals surface area contributed by atoms with Crippen LogP contribution in [0.5, 0.6) is 0 Å². The van der Waals surface area contributed by atoms with E-state index < -0.39 is 17.5 Å². The molecule has 0 saturated heterocycles. The number of aromatic nitrogens is 1. The summed E-state index contributed by atoms with van der Waals surface area (Å²) in [4.78, 5) is 33.5. The number of carboxylic acids is 1. The summed E-state index contributed by atoms with van der Waals surface area (Å²) < 4.78 is 5.62. The van der Waals surface area contributed by atoms with Crippen molar-refractivity contribution in [3.8, 4) is 11.1 Å². The van der Waals surface area contributed by atoms with E-state index in [2.05, 4.69) is 10.1 Å². The fraction of sp³-hybridized carbons (Fsp3) is 0.217. The zero-order valence-electron chi connectivity index (χ0n) is 17.4. The lowest BCUT2D eigenvalue weighted by Gasteiger charge is -2.17. The molecule has 0 saturated carbocycles. The standard InChI is InChI=1S/C23H21N3O5S/c1-23(2,21(28)29)31-26-19(18-12-32-22(24)25-18)20(27)30-11-17-15-9-5-3-7-13(15)14-8-4-6-10-16(14)17/h3-10,12,17H,11H2,1-2H3,(H2,24,25)(H,28,29)/b26-19+. The van der Waals surface area contributed by atoms with Crippen LogP contribution in [0.15, 0.2) is 59.1 Å². The second-order valence-electron chi connectivity index (χ2n) is 7.74. The molecule has 1 heterocycles. The van der Waals surface area contributed by atoms with Crippen LogP contribution in [0.4, 0.5) is 5.13 Å². The van der Waals surface area contributed by atoms with E-state index in [0.29, 0.717) is 0 Å². The number of hydrogen-bond donors (Lipinski definition) is 2. The summed E-state index contributed by atoms with van der Waals surface area (Å²) >= 11 is 1.12. The second-order valence-corrected chi connectivity index (χ2v) is 8.63. The monoisotopic (exact) mass is 451 g/mol. The summed E-state index contributed by atoms with van der Waals surface area (Å²) in [7, 11) is 0. The molecule has 3 N–H and O–H groups in total. The predicted octanol–water partition coefficient (Wildman–Crippen LogP) is 3.66. The third-order valence-corrected chi connectivity index (χ3v) is 5.86. The normalized spacial score (nSPS) is 13.4. The molecule has 32 heavy (non-hydrogen) atoms. The SMILES string of the molecule is CC(C)(O/N=C(/C(=O)OCC1c2ccccc2-c2ccccc21)c1csc(N)n1)C(=O)O. The Bertz CT molecular complexity index is 1170. The van der Waals surface area contributed by atoms with Crippen LogP contribution >= 0.6 is 11.3 Å². The number of hydrogen-bond acceptors (Lipinski definition) is 8. The van der Waals surface area contributed by atoms with Crippen molar-refractivity contribution in [2.45, 2.75) is 25.4 Å². The molecule has 0 unspecified atom stereocenters. The summed E-state index contributed by atoms with van der Waals surface area (Å²) in [5, 5.41) is 14.8. The number of aliphatic carboxylic acids is 1. The minimum absolute atomic E-state index is 0.0772. The van der Waals surface area contributed by atoms with E-state index in [1.807, 2.05) is 48.5 Å². The van der Waals surface area contributed by atoms with Gasteiger partial charge in [-0.25, -0.2) is 14.6 Å². The highest BCUT2D eigenvalue weighted by molar-refractivity contribution is 7.13. The average molecular weight is 452 g/mol. The van der Waals surface area contributed by atoms with Gasteiger partial charge in [0.05, 0.1) is 0 Å². The fourth-order valence-corrected chi connectivity index (χ4v) is 4.00. The Labute approximate surface area is 188 Å². The van der Waals surface area contributed by atoms with Crippen LogP contribution in [-0.2, 0) is 19.2 Å². The van der Waals surface area contributed by atoms with Crippen molar-refractivity contribution in [3.05, 3.63) is 70.7 Å². The van der Waals surface area contributed by atoms with Crippen LogP contribution in [0, 0.1) is 0 Å². The van der Waals surface area contributed by atoms with Gasteiger partial charge in [0.2, 0.25) is 11.3 Å². The molecule has 0 aliphatic heterocycles. The van der Waals surface area contributed by atoms with Crippen LogP contribution in [0.2, 0.25) is 0 Å². The molecule has 1 aliphatic rings. The van der Waals surface area contributed by atoms with Gasteiger partial charge in [-0.3, -0.25) is 0 Å². The highest BCUT2D eigenvalue weighted by Gasteiger charge is 2.33. The van der Waals surface area contributed by atoms with Gasteiger partial charge in [-0.05, 0) is 36.1 Å². The molecular weight excluding hydrogens is 430 g/mol. The third-order valence-electron chi connectivity index (χ3n) is 5.18. The number of esters is 1. The lowest BCUT2D eigenvalue weighted by atomic mass is 9.98. The number of nitrogen functional groups attached to an aromatic ring is 1. The Morgan fingerprint density at radius 3 is 2.25 bits per heavy atom. The summed E-state index contributed by atoms with van der Waals surface area (Å²) in [6.07, 6.45) is 0. The summed E-state index contributed by atoms with van der Waals surface area (Å²) in [5.74, 6) is -2.14. The third kappa shape index (κ3) is 4.06. The number of nitrogens with zero attached hydrogens (tertiary/aromatic N) is 2. The molecular formula is C23H21N3O5S. The molecule has 0 bridgehead atoms. The molecule has 0 spiro atoms. The number of thiazole rings is 1. The summed E-state index contributed by atoms with van der Waals surface area (Å²) in [6, 6.07) is 16.0. The first kappa shape index (κ1) is 21.5. The van der Waals surface area contributed by atoms with Gasteiger partial charge >= 0.3 is 11.9 Å². The number of anilines is 1. The highest BCUT2D eigenvalue weighted by Crippen LogP contribution is 2.44. The van der Waals surface area contributed by atoms with Crippen molar-refractivity contribution in [1.82, 2.24) is 4.98 Å². The molecule has 0 fully saturated rings. The van der Waals surface area contributed by atoms with Crippen LogP contribution in [0.25, 0.3) is 11.1 Å². The van der Waals surface area contributed by atoms with Gasteiger partial charge < -0.3 is 20.4 Å². The molecule has 164 valence electrons. The van der Waals surface area contributed by atoms with Crippen molar-refractivity contribution in [2.24, 2.45) is 5.16 Å². The summed E-state index contributed by atoms with van der Waals surface area (Å²) in [5.41, 5.74) is 8.32. The van der Waals surface area contributed by atoms with E-state index in [1.165, 1.54) is 19.2 Å². The molecule has 9 heteroatoms. The van der Waals surface area contributed by atoms with Gasteiger partial charge in [0.25, 0.3) is 0 Å². The van der Waals surface area contributed by atoms with Crippen LogP contribution < -0.4 is 5.73 Å². The number of carbonyl (C=O) groups excluding carboxylic acids is 1. The number of carbonyl (C=O) groups is 2. The van der Waals surface area contributed by atoms with Gasteiger partial charge in [-0.15, -0.1) is 11.3 Å². The average Bonchev–Trinajstić information content (AvgIpc) is 3.33. The van der Waals surface area contributed by atoms with Crippen LogP contribution in [-0.4, -0.2) is 39.9 Å². The molecule has 2 aromatic carbocycles. The van der Waals surface area contributed by atoms with Gasteiger partial charge in [0.1, 0.15) is 12.3 Å². The number of ether oxygens (including phenoxy) is 1. The molecule has 0 radical (unpaired) electrons. The van der Waals surface area contributed by atoms with Crippen LogP contribution in [0.3, 0.4) is 0 Å². The number of carboxylic acid groups (broad SMARTS) is 1. The number of benzene rings is 2. The Morgan fingerprint density at radius 1 is 1.12 bits per heavy atom. The van der Waals surface area contributed by atoms with Crippen molar-refractivity contribution in [1.29, 1.82) is 0 Å². The Morgan fingerprint density at radius 2 is 1.72 bits per heavy atom. The Kier molecular flexibility index (Phi) is 5.67. The maximum atomic E-state index is 13.0. The Balaban J connectivity index is 1.59. The van der Waals surface area contributed by atoms with Gasteiger partial charge in [0, 0.05) is 11.3 Å². The summed E-state index contributed by atoms with van der Waals surface area (Å²) in [6.45, 7) is 2.72. The first-order valence-corrected chi connectivity index (χ1v) is 10.7. The largest absolute Gasteiger partial charge is 0.478 e. The zero-order valence-corrected chi connectivity index (χ0v) is 18.3. The fourth-order valence-electron chi connectivity index (χ4n) is 3.45. The lowest BCUT2D eigenvalue weighted by molar-refractivity contribution is -0.161. The van der Waals surface area contributed by atoms with Gasteiger partial charge in [0.15, 0.2) is 5.13 Å². The van der Waals surface area contributed by atoms with Crippen LogP contribution in [0.1, 0.15) is 36.6 Å². The lowest BCUT2D eigenvalue weighted by Crippen LogP contribution is -2.34. The topological polar surface area (TPSA) is 124 Å². The van der Waals surface area contributed by atoms with E-state index >= 15 is 0 Å². The van der Waals surface area contributed by atoms with Crippen molar-refractivity contribution < 1.29 is 24.3 Å². The quantitative estimate of drug-likeness (QED) is 0.319. The minimum Gasteiger partial charge on any atom is -0.478 e. The van der Waals surface area contributed by atoms with E-state index in [1.54, 1.807) is 0 Å². The zero-order chi connectivity index (χ0) is 22.9.